The van der Waals surface area contributed by atoms with Crippen molar-refractivity contribution in [2.75, 3.05) is 7.11 Å². The molecule has 2 aliphatic carbocycles. The third-order valence-corrected chi connectivity index (χ3v) is 5.56. The molecule has 19 heavy (non-hydrogen) atoms. The topological polar surface area (TPSA) is 39.4 Å². The Kier molecular flexibility index (Phi) is 2.56. The number of hydrogen-bond donors (Lipinski definition) is 0. The molecule has 0 aliphatic heterocycles. The Balaban J connectivity index is 1.73. The van der Waals surface area contributed by atoms with Gasteiger partial charge in [0.15, 0.2) is 5.65 Å². The van der Waals surface area contributed by atoms with E-state index in [1.165, 1.54) is 32.1 Å². The van der Waals surface area contributed by atoms with Crippen molar-refractivity contribution in [1.82, 2.24) is 14.6 Å². The third-order valence-electron chi connectivity index (χ3n) is 4.82. The van der Waals surface area contributed by atoms with E-state index in [2.05, 4.69) is 27.6 Å². The van der Waals surface area contributed by atoms with E-state index in [-0.39, 0.29) is 0 Å². The average molecular weight is 369 g/mol. The summed E-state index contributed by atoms with van der Waals surface area (Å²) in [6.07, 6.45) is 8.66. The van der Waals surface area contributed by atoms with Crippen LogP contribution in [0.4, 0.5) is 0 Å². The number of hydrogen-bond acceptors (Lipinski definition) is 3. The summed E-state index contributed by atoms with van der Waals surface area (Å²) in [5.74, 6) is 1.46. The summed E-state index contributed by atoms with van der Waals surface area (Å²) < 4.78 is 8.49. The average Bonchev–Trinajstić information content (AvgIpc) is 2.66. The third kappa shape index (κ3) is 1.70. The van der Waals surface area contributed by atoms with E-state index < -0.39 is 0 Å². The zero-order valence-corrected chi connectivity index (χ0v) is 13.1. The van der Waals surface area contributed by atoms with Gasteiger partial charge in [0.2, 0.25) is 0 Å². The summed E-state index contributed by atoms with van der Waals surface area (Å²) in [5, 5.41) is 4.77. The van der Waals surface area contributed by atoms with E-state index in [0.29, 0.717) is 11.3 Å². The molecular formula is C14H16IN3O. The first kappa shape index (κ1) is 11.9. The normalized spacial score (nSPS) is 21.4. The van der Waals surface area contributed by atoms with E-state index in [1.54, 1.807) is 7.11 Å². The quantitative estimate of drug-likeness (QED) is 0.762. The second-order valence-corrected chi connectivity index (χ2v) is 7.01. The minimum absolute atomic E-state index is 0.567. The predicted octanol–water partition coefficient (Wildman–Crippen LogP) is 3.39. The Hall–Kier alpha value is -0.850. The summed E-state index contributed by atoms with van der Waals surface area (Å²) in [5.41, 5.74) is 2.64. The maximum absolute atomic E-state index is 5.52. The molecule has 2 saturated carbocycles. The molecule has 0 atom stereocenters. The van der Waals surface area contributed by atoms with Crippen LogP contribution >= 0.6 is 22.6 Å². The van der Waals surface area contributed by atoms with E-state index in [4.69, 9.17) is 9.84 Å². The second kappa shape index (κ2) is 4.07. The molecule has 0 aromatic carbocycles. The Morgan fingerprint density at radius 3 is 2.84 bits per heavy atom. The lowest BCUT2D eigenvalue weighted by Gasteiger charge is -2.54. The molecule has 2 heterocycles. The van der Waals surface area contributed by atoms with E-state index in [0.717, 1.165) is 20.8 Å². The molecular weight excluding hydrogens is 353 g/mol. The van der Waals surface area contributed by atoms with Crippen LogP contribution in [0.25, 0.3) is 5.65 Å². The summed E-state index contributed by atoms with van der Waals surface area (Å²) >= 11 is 2.27. The Morgan fingerprint density at radius 1 is 1.42 bits per heavy atom. The van der Waals surface area contributed by atoms with Crippen LogP contribution in [-0.4, -0.2) is 21.7 Å². The van der Waals surface area contributed by atoms with E-state index >= 15 is 0 Å². The molecule has 2 aromatic heterocycles. The molecule has 0 bridgehead atoms. The molecule has 100 valence electrons. The van der Waals surface area contributed by atoms with Crippen LogP contribution in [-0.2, 0) is 0 Å². The van der Waals surface area contributed by atoms with Crippen molar-refractivity contribution in [3.8, 4) is 5.75 Å². The molecule has 0 N–H and O–H groups in total. The van der Waals surface area contributed by atoms with E-state index in [9.17, 15) is 0 Å². The van der Waals surface area contributed by atoms with Gasteiger partial charge >= 0.3 is 0 Å². The fraction of sp³-hybridized carbons (Fsp3) is 0.571. The first-order valence-corrected chi connectivity index (χ1v) is 7.87. The van der Waals surface area contributed by atoms with Crippen LogP contribution in [0.3, 0.4) is 0 Å². The number of aromatic nitrogens is 3. The SMILES string of the molecule is COc1cc2ncc(I)n2nc1C1CC2(CCC2)C1. The summed E-state index contributed by atoms with van der Waals surface area (Å²) in [6, 6.07) is 2.01. The number of rotatable bonds is 2. The van der Waals surface area contributed by atoms with Gasteiger partial charge in [-0.2, -0.15) is 5.10 Å². The van der Waals surface area contributed by atoms with Crippen LogP contribution in [0.15, 0.2) is 12.3 Å². The summed E-state index contributed by atoms with van der Waals surface area (Å²) in [4.78, 5) is 4.34. The van der Waals surface area contributed by atoms with Gasteiger partial charge in [-0.05, 0) is 53.7 Å². The van der Waals surface area contributed by atoms with Gasteiger partial charge in [0.05, 0.1) is 13.3 Å². The van der Waals surface area contributed by atoms with Crippen molar-refractivity contribution in [1.29, 1.82) is 0 Å². The van der Waals surface area contributed by atoms with Gasteiger partial charge in [0.1, 0.15) is 15.1 Å². The second-order valence-electron chi connectivity index (χ2n) is 5.91. The molecule has 2 aliphatic rings. The molecule has 1 spiro atoms. The largest absolute Gasteiger partial charge is 0.495 e. The molecule has 2 aromatic rings. The van der Waals surface area contributed by atoms with Gasteiger partial charge in [-0.15, -0.1) is 0 Å². The smallest absolute Gasteiger partial charge is 0.158 e. The zero-order chi connectivity index (χ0) is 13.0. The lowest BCUT2D eigenvalue weighted by atomic mass is 9.51. The number of methoxy groups -OCH3 is 1. The van der Waals surface area contributed by atoms with Crippen LogP contribution < -0.4 is 4.74 Å². The van der Waals surface area contributed by atoms with Crippen LogP contribution in [0.5, 0.6) is 5.75 Å². The van der Waals surface area contributed by atoms with Gasteiger partial charge in [0.25, 0.3) is 0 Å². The molecule has 4 rings (SSSR count). The molecule has 4 nitrogen and oxygen atoms in total. The first-order chi connectivity index (χ1) is 9.21. The monoisotopic (exact) mass is 369 g/mol. The number of imidazole rings is 1. The number of nitrogens with zero attached hydrogens (tertiary/aromatic N) is 3. The highest BCUT2D eigenvalue weighted by Gasteiger charge is 2.49. The van der Waals surface area contributed by atoms with Gasteiger partial charge in [-0.25, -0.2) is 9.50 Å². The van der Waals surface area contributed by atoms with Gasteiger partial charge in [-0.3, -0.25) is 0 Å². The van der Waals surface area contributed by atoms with Crippen molar-refractivity contribution in [3.63, 3.8) is 0 Å². The molecule has 0 amide bonds. The first-order valence-electron chi connectivity index (χ1n) is 6.79. The molecule has 5 heteroatoms. The molecule has 2 fully saturated rings. The van der Waals surface area contributed by atoms with Crippen molar-refractivity contribution >= 4 is 28.2 Å². The Bertz CT molecular complexity index is 639. The molecule has 0 radical (unpaired) electrons. The Morgan fingerprint density at radius 2 is 2.21 bits per heavy atom. The molecule has 0 saturated heterocycles. The van der Waals surface area contributed by atoms with Crippen molar-refractivity contribution < 1.29 is 4.74 Å². The summed E-state index contributed by atoms with van der Waals surface area (Å²) in [6.45, 7) is 0. The van der Waals surface area contributed by atoms with Crippen LogP contribution in [0.2, 0.25) is 0 Å². The lowest BCUT2D eigenvalue weighted by Crippen LogP contribution is -2.41. The fourth-order valence-corrected chi connectivity index (χ4v) is 4.09. The maximum Gasteiger partial charge on any atom is 0.158 e. The van der Waals surface area contributed by atoms with Crippen LogP contribution in [0, 0.1) is 9.12 Å². The number of halogens is 1. The highest BCUT2D eigenvalue weighted by molar-refractivity contribution is 14.1. The van der Waals surface area contributed by atoms with Gasteiger partial charge in [-0.1, -0.05) is 6.42 Å². The van der Waals surface area contributed by atoms with Crippen LogP contribution in [0.1, 0.15) is 43.7 Å². The number of fused-ring (bicyclic) bond motifs is 1. The zero-order valence-electron chi connectivity index (χ0n) is 10.9. The number of ether oxygens (including phenoxy) is 1. The fourth-order valence-electron chi connectivity index (χ4n) is 3.59. The van der Waals surface area contributed by atoms with Crippen molar-refractivity contribution in [2.24, 2.45) is 5.41 Å². The van der Waals surface area contributed by atoms with Crippen molar-refractivity contribution in [2.45, 2.75) is 38.0 Å². The van der Waals surface area contributed by atoms with Gasteiger partial charge < -0.3 is 4.74 Å². The lowest BCUT2D eigenvalue weighted by molar-refractivity contribution is 0.00646. The van der Waals surface area contributed by atoms with Crippen molar-refractivity contribution in [3.05, 3.63) is 21.7 Å². The Labute approximate surface area is 125 Å². The minimum Gasteiger partial charge on any atom is -0.495 e. The molecule has 0 unspecified atom stereocenters. The highest BCUT2D eigenvalue weighted by Crippen LogP contribution is 2.62. The highest BCUT2D eigenvalue weighted by atomic mass is 127. The van der Waals surface area contributed by atoms with E-state index in [1.807, 2.05) is 16.8 Å². The van der Waals surface area contributed by atoms with Gasteiger partial charge in [0, 0.05) is 12.0 Å². The summed E-state index contributed by atoms with van der Waals surface area (Å²) in [7, 11) is 1.72. The minimum atomic E-state index is 0.567. The predicted molar refractivity (Wildman–Crippen MR) is 80.5 cm³/mol. The maximum atomic E-state index is 5.52. The standard InChI is InChI=1S/C14H16IN3O/c1-19-10-5-12-16-8-11(15)18(12)17-13(10)9-6-14(7-9)3-2-4-14/h5,8-9H,2-4,6-7H2,1H3.